The lowest BCUT2D eigenvalue weighted by Gasteiger charge is -2.27. The molecule has 1 saturated heterocycles. The van der Waals surface area contributed by atoms with Crippen LogP contribution in [0.4, 0.5) is 4.39 Å². The Morgan fingerprint density at radius 1 is 0.975 bits per heavy atom. The van der Waals surface area contributed by atoms with E-state index in [1.807, 2.05) is 47.4 Å². The summed E-state index contributed by atoms with van der Waals surface area (Å²) in [6, 6.07) is 19.4. The van der Waals surface area contributed by atoms with Crippen molar-refractivity contribution >= 4 is 16.8 Å². The lowest BCUT2D eigenvalue weighted by atomic mass is 10.0. The molecule has 0 saturated carbocycles. The summed E-state index contributed by atoms with van der Waals surface area (Å²) in [5.41, 5.74) is 3.71. The van der Waals surface area contributed by atoms with Gasteiger partial charge in [0.1, 0.15) is 28.6 Å². The number of rotatable bonds is 10. The first-order valence-corrected chi connectivity index (χ1v) is 13.3. The first-order chi connectivity index (χ1) is 19.5. The number of benzene rings is 3. The maximum atomic E-state index is 13.7. The fourth-order valence-electron chi connectivity index (χ4n) is 5.17. The van der Waals surface area contributed by atoms with Crippen LogP contribution >= 0.6 is 0 Å². The third kappa shape index (κ3) is 5.87. The van der Waals surface area contributed by atoms with Crippen LogP contribution in [0.1, 0.15) is 24.0 Å². The molecule has 3 aromatic carbocycles. The molecule has 5 rings (SSSR count). The van der Waals surface area contributed by atoms with Crippen molar-refractivity contribution in [3.05, 3.63) is 83.7 Å². The summed E-state index contributed by atoms with van der Waals surface area (Å²) in [5.74, 6) is 1.52. The van der Waals surface area contributed by atoms with Crippen LogP contribution in [-0.2, 0) is 22.5 Å². The summed E-state index contributed by atoms with van der Waals surface area (Å²) in [5, 5.41) is 0.776. The van der Waals surface area contributed by atoms with E-state index in [1.165, 1.54) is 12.1 Å². The van der Waals surface area contributed by atoms with Gasteiger partial charge in [0.25, 0.3) is 0 Å². The highest BCUT2D eigenvalue weighted by Gasteiger charge is 2.26. The van der Waals surface area contributed by atoms with Gasteiger partial charge in [-0.25, -0.2) is 9.37 Å². The Balaban J connectivity index is 1.62. The molecule has 1 aliphatic heterocycles. The van der Waals surface area contributed by atoms with E-state index in [0.717, 1.165) is 34.9 Å². The van der Waals surface area contributed by atoms with E-state index in [-0.39, 0.29) is 30.8 Å². The molecule has 1 amide bonds. The van der Waals surface area contributed by atoms with E-state index >= 15 is 0 Å². The van der Waals surface area contributed by atoms with Gasteiger partial charge in [-0.15, -0.1) is 0 Å². The number of hydrogen-bond donors (Lipinski definition) is 0. The predicted octanol–water partition coefficient (Wildman–Crippen LogP) is 5.82. The fourth-order valence-corrected chi connectivity index (χ4v) is 5.17. The third-order valence-electron chi connectivity index (χ3n) is 7.22. The van der Waals surface area contributed by atoms with Crippen molar-refractivity contribution in [1.29, 1.82) is 0 Å². The van der Waals surface area contributed by atoms with E-state index in [4.69, 9.17) is 23.9 Å². The molecule has 0 bridgehead atoms. The van der Waals surface area contributed by atoms with Crippen LogP contribution in [0.15, 0.2) is 66.7 Å². The molecular formula is C32H33FN2O5. The fraction of sp³-hybridized carbons (Fsp3) is 0.312. The number of hydrogen-bond acceptors (Lipinski definition) is 6. The Morgan fingerprint density at radius 3 is 2.40 bits per heavy atom. The topological polar surface area (TPSA) is 70.1 Å². The van der Waals surface area contributed by atoms with Gasteiger partial charge < -0.3 is 23.8 Å². The third-order valence-corrected chi connectivity index (χ3v) is 7.22. The van der Waals surface area contributed by atoms with Gasteiger partial charge in [-0.1, -0.05) is 24.3 Å². The number of carbonyl (C=O) groups excluding carboxylic acids is 1. The zero-order valence-corrected chi connectivity index (χ0v) is 23.0. The molecule has 0 spiro atoms. The smallest absolute Gasteiger partial charge is 0.227 e. The Morgan fingerprint density at radius 2 is 1.70 bits per heavy atom. The summed E-state index contributed by atoms with van der Waals surface area (Å²) < 4.78 is 36.4. The van der Waals surface area contributed by atoms with E-state index in [0.29, 0.717) is 41.6 Å². The molecule has 1 aliphatic rings. The largest absolute Gasteiger partial charge is 0.496 e. The minimum absolute atomic E-state index is 0.0464. The number of halogens is 1. The standard InChI is InChI=1S/C32H33FN2O5/c1-37-27-9-5-4-8-25(27)31-22(18-26-28(38-2)14-15-29(39-3)32(26)34-31)19-35(20-24-7-6-16-40-24)30(36)17-21-10-12-23(33)13-11-21/h4-5,8-15,18,24H,6-7,16-17,19-20H2,1-3H3. The number of nitrogens with zero attached hydrogens (tertiary/aromatic N) is 2. The molecular weight excluding hydrogens is 511 g/mol. The first kappa shape index (κ1) is 27.4. The molecule has 1 fully saturated rings. The molecule has 0 aliphatic carbocycles. The number of amides is 1. The average molecular weight is 545 g/mol. The molecule has 1 atom stereocenters. The van der Waals surface area contributed by atoms with Crippen LogP contribution in [0.2, 0.25) is 0 Å². The Labute approximate surface area is 233 Å². The quantitative estimate of drug-likeness (QED) is 0.251. The highest BCUT2D eigenvalue weighted by atomic mass is 19.1. The van der Waals surface area contributed by atoms with E-state index < -0.39 is 0 Å². The zero-order chi connectivity index (χ0) is 28.1. The maximum absolute atomic E-state index is 13.7. The van der Waals surface area contributed by atoms with Gasteiger partial charge >= 0.3 is 0 Å². The molecule has 0 N–H and O–H groups in total. The molecule has 2 heterocycles. The summed E-state index contributed by atoms with van der Waals surface area (Å²) in [6.07, 6.45) is 1.96. The van der Waals surface area contributed by atoms with Crippen LogP contribution in [-0.4, -0.2) is 56.4 Å². The minimum atomic E-state index is -0.333. The average Bonchev–Trinajstić information content (AvgIpc) is 3.50. The lowest BCUT2D eigenvalue weighted by molar-refractivity contribution is -0.132. The number of aromatic nitrogens is 1. The molecule has 208 valence electrons. The second kappa shape index (κ2) is 12.3. The van der Waals surface area contributed by atoms with E-state index in [1.54, 1.807) is 33.5 Å². The normalized spacial score (nSPS) is 14.8. The lowest BCUT2D eigenvalue weighted by Crippen LogP contribution is -2.38. The maximum Gasteiger partial charge on any atom is 0.227 e. The molecule has 0 radical (unpaired) electrons. The van der Waals surface area contributed by atoms with Crippen LogP contribution < -0.4 is 14.2 Å². The number of methoxy groups -OCH3 is 3. The highest BCUT2D eigenvalue weighted by molar-refractivity contribution is 5.93. The Hall–Kier alpha value is -4.17. The summed E-state index contributed by atoms with van der Waals surface area (Å²) in [6.45, 7) is 1.42. The second-order valence-corrected chi connectivity index (χ2v) is 9.78. The first-order valence-electron chi connectivity index (χ1n) is 13.3. The number of carbonyl (C=O) groups is 1. The number of ether oxygens (including phenoxy) is 4. The Bertz CT molecular complexity index is 1490. The number of pyridine rings is 1. The second-order valence-electron chi connectivity index (χ2n) is 9.78. The van der Waals surface area contributed by atoms with Crippen LogP contribution in [0, 0.1) is 5.82 Å². The monoisotopic (exact) mass is 544 g/mol. The van der Waals surface area contributed by atoms with E-state index in [2.05, 4.69) is 0 Å². The SMILES string of the molecule is COc1ccccc1-c1nc2c(OC)ccc(OC)c2cc1CN(CC1CCCO1)C(=O)Cc1ccc(F)cc1. The molecule has 1 aromatic heterocycles. The van der Waals surface area contributed by atoms with Gasteiger partial charge in [0.15, 0.2) is 0 Å². The summed E-state index contributed by atoms with van der Waals surface area (Å²) in [7, 11) is 4.85. The molecule has 4 aromatic rings. The van der Waals surface area contributed by atoms with Gasteiger partial charge in [0.05, 0.1) is 39.5 Å². The molecule has 1 unspecified atom stereocenters. The highest BCUT2D eigenvalue weighted by Crippen LogP contribution is 2.38. The Kier molecular flexibility index (Phi) is 8.45. The minimum Gasteiger partial charge on any atom is -0.496 e. The van der Waals surface area contributed by atoms with Gasteiger partial charge in [-0.3, -0.25) is 4.79 Å². The van der Waals surface area contributed by atoms with E-state index in [9.17, 15) is 9.18 Å². The van der Waals surface area contributed by atoms with Crippen molar-refractivity contribution in [3.8, 4) is 28.5 Å². The molecule has 7 nitrogen and oxygen atoms in total. The van der Waals surface area contributed by atoms with Crippen molar-refractivity contribution in [2.24, 2.45) is 0 Å². The van der Waals surface area contributed by atoms with Crippen molar-refractivity contribution in [2.45, 2.75) is 31.9 Å². The predicted molar refractivity (Wildman–Crippen MR) is 151 cm³/mol. The summed E-state index contributed by atoms with van der Waals surface area (Å²) >= 11 is 0. The summed E-state index contributed by atoms with van der Waals surface area (Å²) in [4.78, 5) is 20.6. The van der Waals surface area contributed by atoms with Crippen LogP contribution in [0.5, 0.6) is 17.2 Å². The van der Waals surface area contributed by atoms with Crippen molar-refractivity contribution < 1.29 is 28.1 Å². The van der Waals surface area contributed by atoms with Gasteiger partial charge in [0, 0.05) is 30.6 Å². The van der Waals surface area contributed by atoms with Gasteiger partial charge in [0.2, 0.25) is 5.91 Å². The zero-order valence-electron chi connectivity index (χ0n) is 23.0. The van der Waals surface area contributed by atoms with Crippen LogP contribution in [0.3, 0.4) is 0 Å². The molecule has 40 heavy (non-hydrogen) atoms. The van der Waals surface area contributed by atoms with Gasteiger partial charge in [-0.2, -0.15) is 0 Å². The van der Waals surface area contributed by atoms with Crippen molar-refractivity contribution in [3.63, 3.8) is 0 Å². The van der Waals surface area contributed by atoms with Crippen molar-refractivity contribution in [1.82, 2.24) is 9.88 Å². The van der Waals surface area contributed by atoms with Crippen LogP contribution in [0.25, 0.3) is 22.2 Å². The van der Waals surface area contributed by atoms with Crippen molar-refractivity contribution in [2.75, 3.05) is 34.5 Å². The number of para-hydroxylation sites is 1. The molecule has 8 heteroatoms. The van der Waals surface area contributed by atoms with Gasteiger partial charge in [-0.05, 0) is 66.4 Å². The number of fused-ring (bicyclic) bond motifs is 1.